The Kier molecular flexibility index (Phi) is 7.76. The first-order chi connectivity index (χ1) is 16.9. The average molecular weight is 522 g/mol. The molecule has 1 heterocycles. The normalized spacial score (nSPS) is 10.7. The number of anilines is 1. The molecule has 0 radical (unpaired) electrons. The van der Waals surface area contributed by atoms with Crippen molar-refractivity contribution in [2.24, 2.45) is 5.73 Å². The van der Waals surface area contributed by atoms with Crippen LogP contribution < -0.4 is 11.1 Å². The van der Waals surface area contributed by atoms with Crippen LogP contribution in [0, 0.1) is 0 Å². The lowest BCUT2D eigenvalue weighted by Crippen LogP contribution is -2.16. The summed E-state index contributed by atoms with van der Waals surface area (Å²) in [5.74, 6) is -0.683. The number of nitrogens with two attached hydrogens (primary N) is 1. The molecular formula is C27H21Cl2N3O2S. The maximum absolute atomic E-state index is 13.4. The Labute approximate surface area is 217 Å². The predicted molar refractivity (Wildman–Crippen MR) is 144 cm³/mol. The molecule has 35 heavy (non-hydrogen) atoms. The van der Waals surface area contributed by atoms with E-state index in [0.717, 1.165) is 10.5 Å². The first-order valence-electron chi connectivity index (χ1n) is 10.6. The van der Waals surface area contributed by atoms with Crippen LogP contribution in [-0.2, 0) is 5.88 Å². The van der Waals surface area contributed by atoms with E-state index in [1.54, 1.807) is 42.6 Å². The summed E-state index contributed by atoms with van der Waals surface area (Å²) in [6, 6.07) is 21.5. The van der Waals surface area contributed by atoms with Gasteiger partial charge in [0, 0.05) is 39.4 Å². The number of pyridine rings is 1. The number of halogens is 2. The Bertz CT molecular complexity index is 1410. The number of hydrogen-bond donors (Lipinski definition) is 2. The molecule has 0 atom stereocenters. The number of carbonyl (C=O) groups is 2. The molecule has 4 rings (SSSR count). The summed E-state index contributed by atoms with van der Waals surface area (Å²) in [5, 5.41) is 3.47. The van der Waals surface area contributed by atoms with Crippen LogP contribution in [0.15, 0.2) is 83.9 Å². The van der Waals surface area contributed by atoms with Crippen LogP contribution in [0.3, 0.4) is 0 Å². The summed E-state index contributed by atoms with van der Waals surface area (Å²) >= 11 is 13.9. The summed E-state index contributed by atoms with van der Waals surface area (Å²) in [4.78, 5) is 31.0. The summed E-state index contributed by atoms with van der Waals surface area (Å²) in [6.07, 6.45) is 3.62. The van der Waals surface area contributed by atoms with Gasteiger partial charge in [-0.15, -0.1) is 23.4 Å². The number of carbonyl (C=O) groups excluding carboxylic acids is 2. The van der Waals surface area contributed by atoms with E-state index < -0.39 is 5.91 Å². The van der Waals surface area contributed by atoms with E-state index in [1.165, 1.54) is 11.8 Å². The largest absolute Gasteiger partial charge is 0.366 e. The number of amides is 2. The van der Waals surface area contributed by atoms with Crippen molar-refractivity contribution in [1.29, 1.82) is 0 Å². The zero-order valence-corrected chi connectivity index (χ0v) is 21.0. The van der Waals surface area contributed by atoms with Crippen LogP contribution in [-0.4, -0.2) is 23.1 Å². The lowest BCUT2D eigenvalue weighted by molar-refractivity contribution is 0.0997. The van der Waals surface area contributed by atoms with Gasteiger partial charge in [0.2, 0.25) is 5.91 Å². The van der Waals surface area contributed by atoms with E-state index in [2.05, 4.69) is 10.3 Å². The van der Waals surface area contributed by atoms with Crippen LogP contribution in [0.2, 0.25) is 5.02 Å². The number of aromatic nitrogens is 1. The molecule has 4 aromatic rings. The summed E-state index contributed by atoms with van der Waals surface area (Å²) in [7, 11) is 0. The lowest BCUT2D eigenvalue weighted by atomic mass is 9.93. The first-order valence-corrected chi connectivity index (χ1v) is 12.7. The molecule has 176 valence electrons. The Morgan fingerprint density at radius 2 is 1.77 bits per heavy atom. The number of nitrogens with zero attached hydrogens (tertiary/aromatic N) is 1. The van der Waals surface area contributed by atoms with Gasteiger partial charge < -0.3 is 11.1 Å². The van der Waals surface area contributed by atoms with Crippen molar-refractivity contribution in [3.63, 3.8) is 0 Å². The molecule has 5 nitrogen and oxygen atoms in total. The van der Waals surface area contributed by atoms with Crippen molar-refractivity contribution in [1.82, 2.24) is 4.98 Å². The van der Waals surface area contributed by atoms with Gasteiger partial charge in [-0.3, -0.25) is 14.6 Å². The molecule has 0 saturated carbocycles. The fraction of sp³-hybridized carbons (Fsp3) is 0.0741. The second kappa shape index (κ2) is 11.0. The molecule has 0 fully saturated rings. The minimum atomic E-state index is -0.592. The van der Waals surface area contributed by atoms with Gasteiger partial charge in [-0.05, 0) is 77.5 Å². The molecule has 0 aliphatic rings. The van der Waals surface area contributed by atoms with Crippen LogP contribution in [0.5, 0.6) is 0 Å². The number of rotatable bonds is 7. The molecule has 3 aromatic carbocycles. The monoisotopic (exact) mass is 521 g/mol. The Morgan fingerprint density at radius 3 is 2.46 bits per heavy atom. The summed E-state index contributed by atoms with van der Waals surface area (Å²) in [5.41, 5.74) is 10.3. The molecule has 1 aromatic heterocycles. The van der Waals surface area contributed by atoms with Crippen molar-refractivity contribution in [2.45, 2.75) is 10.8 Å². The maximum atomic E-state index is 13.4. The van der Waals surface area contributed by atoms with Crippen molar-refractivity contribution >= 4 is 52.5 Å². The van der Waals surface area contributed by atoms with Crippen molar-refractivity contribution in [3.05, 3.63) is 101 Å². The van der Waals surface area contributed by atoms with E-state index in [9.17, 15) is 9.59 Å². The van der Waals surface area contributed by atoms with Gasteiger partial charge in [-0.2, -0.15) is 0 Å². The zero-order chi connectivity index (χ0) is 24.9. The topological polar surface area (TPSA) is 85.1 Å². The number of hydrogen-bond acceptors (Lipinski definition) is 4. The van der Waals surface area contributed by atoms with E-state index in [4.69, 9.17) is 28.9 Å². The van der Waals surface area contributed by atoms with Gasteiger partial charge >= 0.3 is 0 Å². The molecule has 0 aliphatic heterocycles. The van der Waals surface area contributed by atoms with Gasteiger partial charge in [-0.25, -0.2) is 0 Å². The number of primary amides is 1. The van der Waals surface area contributed by atoms with E-state index in [1.807, 2.05) is 42.7 Å². The molecule has 0 bridgehead atoms. The Hall–Kier alpha value is -3.32. The fourth-order valence-corrected chi connectivity index (χ4v) is 4.52. The highest BCUT2D eigenvalue weighted by molar-refractivity contribution is 7.98. The second-order valence-electron chi connectivity index (χ2n) is 7.65. The van der Waals surface area contributed by atoms with Crippen LogP contribution in [0.25, 0.3) is 22.4 Å². The lowest BCUT2D eigenvalue weighted by Gasteiger charge is -2.15. The average Bonchev–Trinajstić information content (AvgIpc) is 2.89. The van der Waals surface area contributed by atoms with Crippen molar-refractivity contribution in [3.8, 4) is 22.4 Å². The molecule has 0 unspecified atom stereocenters. The number of nitrogens with one attached hydrogen (secondary N) is 1. The minimum Gasteiger partial charge on any atom is -0.366 e. The molecule has 0 saturated heterocycles. The van der Waals surface area contributed by atoms with Gasteiger partial charge in [0.15, 0.2) is 0 Å². The molecule has 2 amide bonds. The van der Waals surface area contributed by atoms with Gasteiger partial charge in [0.1, 0.15) is 0 Å². The Balaban J connectivity index is 1.76. The summed E-state index contributed by atoms with van der Waals surface area (Å²) in [6.45, 7) is 0. The van der Waals surface area contributed by atoms with E-state index in [0.29, 0.717) is 44.2 Å². The third kappa shape index (κ3) is 5.51. The first kappa shape index (κ1) is 24.8. The standard InChI is InChI=1S/C27H21Cl2N3O2S/c1-35-18-7-9-20(21(14-18)19-8-5-16(15-28)12-22(19)26(30)33)27(34)32-17-6-10-24(29)23(13-17)25-4-2-3-11-31-25/h2-14H,15H2,1H3,(H2,30,33)(H,32,34). The van der Waals surface area contributed by atoms with Crippen LogP contribution in [0.1, 0.15) is 26.3 Å². The van der Waals surface area contributed by atoms with E-state index in [-0.39, 0.29) is 11.8 Å². The zero-order valence-electron chi connectivity index (χ0n) is 18.7. The van der Waals surface area contributed by atoms with Gasteiger partial charge in [0.05, 0.1) is 10.7 Å². The van der Waals surface area contributed by atoms with Crippen LogP contribution in [0.4, 0.5) is 5.69 Å². The number of thioether (sulfide) groups is 1. The number of alkyl halides is 1. The Morgan fingerprint density at radius 1 is 0.943 bits per heavy atom. The maximum Gasteiger partial charge on any atom is 0.256 e. The van der Waals surface area contributed by atoms with Gasteiger partial charge in [-0.1, -0.05) is 29.8 Å². The van der Waals surface area contributed by atoms with Gasteiger partial charge in [0.25, 0.3) is 5.91 Å². The number of benzene rings is 3. The summed E-state index contributed by atoms with van der Waals surface area (Å²) < 4.78 is 0. The third-order valence-electron chi connectivity index (χ3n) is 5.43. The van der Waals surface area contributed by atoms with Crippen LogP contribution >= 0.6 is 35.0 Å². The molecule has 3 N–H and O–H groups in total. The highest BCUT2D eigenvalue weighted by Gasteiger charge is 2.19. The SMILES string of the molecule is CSc1ccc(C(=O)Nc2ccc(Cl)c(-c3ccccn3)c2)c(-c2ccc(CCl)cc2C(N)=O)c1. The molecule has 0 spiro atoms. The quantitative estimate of drug-likeness (QED) is 0.205. The second-order valence-corrected chi connectivity index (χ2v) is 9.21. The molecule has 0 aliphatic carbocycles. The minimum absolute atomic E-state index is 0.244. The van der Waals surface area contributed by atoms with Crippen molar-refractivity contribution < 1.29 is 9.59 Å². The van der Waals surface area contributed by atoms with E-state index >= 15 is 0 Å². The fourth-order valence-electron chi connectivity index (χ4n) is 3.70. The molecular weight excluding hydrogens is 501 g/mol. The highest BCUT2D eigenvalue weighted by atomic mass is 35.5. The predicted octanol–water partition coefficient (Wildman–Crippen LogP) is 6.88. The highest BCUT2D eigenvalue weighted by Crippen LogP contribution is 2.33. The smallest absolute Gasteiger partial charge is 0.256 e. The third-order valence-corrected chi connectivity index (χ3v) is 6.79. The molecule has 8 heteroatoms. The van der Waals surface area contributed by atoms with Crippen molar-refractivity contribution in [2.75, 3.05) is 11.6 Å².